The molecule has 3 N–H and O–H groups in total. The minimum atomic E-state index is -1.11. The number of rotatable bonds is 4. The summed E-state index contributed by atoms with van der Waals surface area (Å²) in [5, 5.41) is 9.38. The number of nitrogens with zero attached hydrogens (tertiary/aromatic N) is 3. The van der Waals surface area contributed by atoms with Crippen molar-refractivity contribution in [3.63, 3.8) is 0 Å². The molecule has 0 aliphatic heterocycles. The van der Waals surface area contributed by atoms with Gasteiger partial charge in [0.25, 0.3) is 0 Å². The van der Waals surface area contributed by atoms with E-state index in [0.717, 1.165) is 0 Å². The van der Waals surface area contributed by atoms with Gasteiger partial charge in [-0.25, -0.2) is 14.8 Å². The molecule has 7 nitrogen and oxygen atoms in total. The zero-order valence-electron chi connectivity index (χ0n) is 11.4. The van der Waals surface area contributed by atoms with Gasteiger partial charge in [0, 0.05) is 13.7 Å². The Balaban J connectivity index is 2.36. The molecule has 2 aromatic heterocycles. The lowest BCUT2D eigenvalue weighted by atomic mass is 10.2. The molecule has 0 saturated carbocycles. The number of fused-ring (bicyclic) bond motifs is 2. The Hall–Kier alpha value is -2.67. The quantitative estimate of drug-likeness (QED) is 0.753. The van der Waals surface area contributed by atoms with Gasteiger partial charge >= 0.3 is 5.97 Å². The van der Waals surface area contributed by atoms with Crippen molar-refractivity contribution in [1.82, 2.24) is 14.5 Å². The molecule has 108 valence electrons. The molecule has 1 aromatic carbocycles. The van der Waals surface area contributed by atoms with Crippen molar-refractivity contribution in [2.75, 3.05) is 19.5 Å². The topological polar surface area (TPSA) is 103 Å². The predicted octanol–water partition coefficient (Wildman–Crippen LogP) is 1.51. The molecule has 0 bridgehead atoms. The number of carboxylic acids is 1. The van der Waals surface area contributed by atoms with Gasteiger partial charge in [0.1, 0.15) is 16.9 Å². The first kappa shape index (κ1) is 13.3. The van der Waals surface area contributed by atoms with E-state index in [9.17, 15) is 9.90 Å². The fourth-order valence-corrected chi connectivity index (χ4v) is 2.34. The van der Waals surface area contributed by atoms with Crippen molar-refractivity contribution >= 4 is 34.0 Å². The monoisotopic (exact) mass is 286 g/mol. The first-order valence-corrected chi connectivity index (χ1v) is 6.40. The number of aromatic carboxylic acids is 1. The number of hydrogen-bond donors (Lipinski definition) is 2. The van der Waals surface area contributed by atoms with Crippen LogP contribution in [-0.2, 0) is 11.3 Å². The van der Waals surface area contributed by atoms with Crippen LogP contribution in [0.3, 0.4) is 0 Å². The van der Waals surface area contributed by atoms with Gasteiger partial charge in [0.05, 0.1) is 17.6 Å². The van der Waals surface area contributed by atoms with E-state index in [1.165, 1.54) is 0 Å². The highest BCUT2D eigenvalue weighted by Crippen LogP contribution is 2.27. The van der Waals surface area contributed by atoms with Crippen LogP contribution in [-0.4, -0.2) is 39.3 Å². The van der Waals surface area contributed by atoms with E-state index < -0.39 is 5.97 Å². The minimum Gasteiger partial charge on any atom is -0.477 e. The van der Waals surface area contributed by atoms with E-state index in [-0.39, 0.29) is 11.4 Å². The normalized spacial score (nSPS) is 11.3. The first-order valence-electron chi connectivity index (χ1n) is 6.40. The third-order valence-electron chi connectivity index (χ3n) is 3.32. The molecule has 3 aromatic rings. The zero-order chi connectivity index (χ0) is 15.0. The Kier molecular flexibility index (Phi) is 3.19. The smallest absolute Gasteiger partial charge is 0.341 e. The van der Waals surface area contributed by atoms with Crippen molar-refractivity contribution in [2.24, 2.45) is 0 Å². The highest BCUT2D eigenvalue weighted by molar-refractivity contribution is 6.07. The van der Waals surface area contributed by atoms with Crippen LogP contribution in [0.25, 0.3) is 22.2 Å². The van der Waals surface area contributed by atoms with Crippen molar-refractivity contribution in [3.8, 4) is 0 Å². The summed E-state index contributed by atoms with van der Waals surface area (Å²) in [5.74, 6) is -0.969. The molecule has 21 heavy (non-hydrogen) atoms. The van der Waals surface area contributed by atoms with Gasteiger partial charge in [-0.2, -0.15) is 0 Å². The van der Waals surface area contributed by atoms with Gasteiger partial charge in [-0.15, -0.1) is 0 Å². The molecule has 0 amide bonds. The highest BCUT2D eigenvalue weighted by Gasteiger charge is 2.23. The van der Waals surface area contributed by atoms with E-state index in [0.29, 0.717) is 35.3 Å². The molecule has 0 saturated heterocycles. The molecule has 0 aliphatic rings. The predicted molar refractivity (Wildman–Crippen MR) is 78.3 cm³/mol. The summed E-state index contributed by atoms with van der Waals surface area (Å²) in [6.45, 7) is 0.820. The summed E-state index contributed by atoms with van der Waals surface area (Å²) in [4.78, 5) is 20.4. The average Bonchev–Trinajstić information content (AvgIpc) is 2.73. The van der Waals surface area contributed by atoms with Crippen LogP contribution in [0.1, 0.15) is 10.4 Å². The average molecular weight is 286 g/mol. The molecule has 0 atom stereocenters. The number of methoxy groups -OCH3 is 1. The third-order valence-corrected chi connectivity index (χ3v) is 3.32. The first-order chi connectivity index (χ1) is 10.1. The van der Waals surface area contributed by atoms with Gasteiger partial charge in [0.2, 0.25) is 0 Å². The molecular weight excluding hydrogens is 272 g/mol. The summed E-state index contributed by atoms with van der Waals surface area (Å²) in [5.41, 5.74) is 8.04. The van der Waals surface area contributed by atoms with Crippen LogP contribution >= 0.6 is 0 Å². The number of benzene rings is 1. The second kappa shape index (κ2) is 5.02. The maximum absolute atomic E-state index is 11.5. The molecule has 0 radical (unpaired) electrons. The number of nitrogens with two attached hydrogens (primary N) is 1. The number of anilines is 1. The van der Waals surface area contributed by atoms with Gasteiger partial charge in [-0.05, 0) is 12.1 Å². The number of para-hydroxylation sites is 2. The molecule has 0 spiro atoms. The maximum Gasteiger partial charge on any atom is 0.341 e. The lowest BCUT2D eigenvalue weighted by Crippen LogP contribution is -2.09. The minimum absolute atomic E-state index is 0.0145. The lowest BCUT2D eigenvalue weighted by molar-refractivity contribution is 0.0699. The van der Waals surface area contributed by atoms with E-state index in [1.54, 1.807) is 17.7 Å². The SMILES string of the molecule is COCCn1c(N)c(C(=O)O)c2nc3ccccc3nc21. The summed E-state index contributed by atoms with van der Waals surface area (Å²) in [7, 11) is 1.57. The van der Waals surface area contributed by atoms with Gasteiger partial charge < -0.3 is 20.1 Å². The van der Waals surface area contributed by atoms with Gasteiger partial charge in [-0.1, -0.05) is 12.1 Å². The van der Waals surface area contributed by atoms with Crippen molar-refractivity contribution in [3.05, 3.63) is 29.8 Å². The Morgan fingerprint density at radius 1 is 1.33 bits per heavy atom. The number of ether oxygens (including phenoxy) is 1. The Bertz CT molecular complexity index is 841. The number of nitrogen functional groups attached to an aromatic ring is 1. The molecular formula is C14H14N4O3. The van der Waals surface area contributed by atoms with E-state index in [1.807, 2.05) is 18.2 Å². The van der Waals surface area contributed by atoms with Gasteiger partial charge in [0.15, 0.2) is 5.65 Å². The summed E-state index contributed by atoms with van der Waals surface area (Å²) in [6, 6.07) is 7.30. The highest BCUT2D eigenvalue weighted by atomic mass is 16.5. The number of carboxylic acid groups (broad SMARTS) is 1. The number of hydrogen-bond acceptors (Lipinski definition) is 5. The summed E-state index contributed by atoms with van der Waals surface area (Å²) >= 11 is 0. The molecule has 2 heterocycles. The second-order valence-corrected chi connectivity index (χ2v) is 4.59. The standard InChI is InChI=1S/C14H14N4O3/c1-21-7-6-18-12(15)10(14(19)20)11-13(18)17-9-5-3-2-4-8(9)16-11/h2-5H,6-7,15H2,1H3,(H,19,20). The lowest BCUT2D eigenvalue weighted by Gasteiger charge is -2.06. The third kappa shape index (κ3) is 2.07. The van der Waals surface area contributed by atoms with E-state index in [4.69, 9.17) is 10.5 Å². The number of aromatic nitrogens is 3. The zero-order valence-corrected chi connectivity index (χ0v) is 11.4. The largest absolute Gasteiger partial charge is 0.477 e. The van der Waals surface area contributed by atoms with Crippen molar-refractivity contribution < 1.29 is 14.6 Å². The second-order valence-electron chi connectivity index (χ2n) is 4.59. The van der Waals surface area contributed by atoms with Crippen LogP contribution in [0, 0.1) is 0 Å². The molecule has 0 fully saturated rings. The Labute approximate surface area is 120 Å². The Morgan fingerprint density at radius 3 is 2.62 bits per heavy atom. The van der Waals surface area contributed by atoms with Crippen LogP contribution in [0.2, 0.25) is 0 Å². The molecule has 0 aliphatic carbocycles. The fraction of sp³-hybridized carbons (Fsp3) is 0.214. The van der Waals surface area contributed by atoms with Crippen LogP contribution < -0.4 is 5.73 Å². The van der Waals surface area contributed by atoms with Crippen LogP contribution in [0.5, 0.6) is 0 Å². The van der Waals surface area contributed by atoms with Crippen molar-refractivity contribution in [1.29, 1.82) is 0 Å². The molecule has 0 unspecified atom stereocenters. The summed E-state index contributed by atoms with van der Waals surface area (Å²) in [6.07, 6.45) is 0. The van der Waals surface area contributed by atoms with Crippen LogP contribution in [0.4, 0.5) is 5.82 Å². The number of carbonyl (C=O) groups is 1. The van der Waals surface area contributed by atoms with Crippen molar-refractivity contribution in [2.45, 2.75) is 6.54 Å². The Morgan fingerprint density at radius 2 is 2.00 bits per heavy atom. The molecule has 3 rings (SSSR count). The maximum atomic E-state index is 11.5. The molecule has 7 heteroatoms. The fourth-order valence-electron chi connectivity index (χ4n) is 2.34. The van der Waals surface area contributed by atoms with Crippen LogP contribution in [0.15, 0.2) is 24.3 Å². The van der Waals surface area contributed by atoms with E-state index in [2.05, 4.69) is 9.97 Å². The summed E-state index contributed by atoms with van der Waals surface area (Å²) < 4.78 is 6.66. The van der Waals surface area contributed by atoms with E-state index >= 15 is 0 Å². The van der Waals surface area contributed by atoms with Gasteiger partial charge in [-0.3, -0.25) is 0 Å².